The topological polar surface area (TPSA) is 124 Å². The van der Waals surface area contributed by atoms with Gasteiger partial charge in [-0.3, -0.25) is 19.4 Å². The van der Waals surface area contributed by atoms with Crippen LogP contribution in [0.5, 0.6) is 17.2 Å². The number of nitrogens with zero attached hydrogens (tertiary/aromatic N) is 1. The molecule has 1 spiro atoms. The van der Waals surface area contributed by atoms with Crippen LogP contribution in [0.25, 0.3) is 0 Å². The lowest BCUT2D eigenvalue weighted by atomic mass is 9.69. The van der Waals surface area contributed by atoms with Crippen molar-refractivity contribution < 1.29 is 33.7 Å². The van der Waals surface area contributed by atoms with E-state index in [1.54, 1.807) is 43.2 Å². The van der Waals surface area contributed by atoms with Gasteiger partial charge in [0.25, 0.3) is 0 Å². The number of allylic oxidation sites excluding steroid dienone is 1. The zero-order valence-electron chi connectivity index (χ0n) is 24.1. The maximum absolute atomic E-state index is 14.2. The Balaban J connectivity index is 1.60. The molecule has 2 aliphatic rings. The highest BCUT2D eigenvalue weighted by Crippen LogP contribution is 2.55. The number of carbonyl (C=O) groups is 3. The molecular formula is C32H31ClN2O7S. The minimum absolute atomic E-state index is 0.00549. The molecule has 2 heterocycles. The van der Waals surface area contributed by atoms with Gasteiger partial charge in [-0.25, -0.2) is 0 Å². The summed E-state index contributed by atoms with van der Waals surface area (Å²) in [6, 6.07) is 12.5. The summed E-state index contributed by atoms with van der Waals surface area (Å²) < 4.78 is 17.1. The number of methoxy groups -OCH3 is 2. The second-order valence-corrected chi connectivity index (χ2v) is 11.7. The standard InChI is InChI=1S/C32H31ClN2O7S/c1-17-13-22(36)26(30(38)32(17)31(39)27-23(40-2)15-24(41-3)28(33)29(27)42-32)21(19-5-7-20(43-4)8-6-19)14-25(37)35-16-18-9-11-34-12-10-18/h5-12,15,17,21,38H,13-14,16H2,1-4H3,(H,35,37). The number of pyridine rings is 1. The third kappa shape index (κ3) is 5.34. The predicted octanol–water partition coefficient (Wildman–Crippen LogP) is 5.70. The molecule has 1 aromatic heterocycles. The minimum Gasteiger partial charge on any atom is -0.507 e. The van der Waals surface area contributed by atoms with Gasteiger partial charge < -0.3 is 24.6 Å². The van der Waals surface area contributed by atoms with Gasteiger partial charge >= 0.3 is 0 Å². The van der Waals surface area contributed by atoms with Crippen molar-refractivity contribution in [2.45, 2.75) is 42.7 Å². The molecule has 0 saturated heterocycles. The van der Waals surface area contributed by atoms with Gasteiger partial charge in [0, 0.05) is 60.2 Å². The quantitative estimate of drug-likeness (QED) is 0.289. The van der Waals surface area contributed by atoms with Crippen LogP contribution in [0.2, 0.25) is 5.02 Å². The van der Waals surface area contributed by atoms with Gasteiger partial charge in [0.05, 0.1) is 14.2 Å². The Labute approximate surface area is 258 Å². The normalized spacial score (nSPS) is 20.1. The molecule has 0 bridgehead atoms. The van der Waals surface area contributed by atoms with Crippen molar-refractivity contribution >= 4 is 40.8 Å². The molecule has 5 rings (SSSR count). The zero-order valence-corrected chi connectivity index (χ0v) is 25.7. The Morgan fingerprint density at radius 2 is 1.84 bits per heavy atom. The van der Waals surface area contributed by atoms with Gasteiger partial charge in [-0.05, 0) is 41.6 Å². The van der Waals surface area contributed by atoms with Crippen molar-refractivity contribution in [3.8, 4) is 17.2 Å². The van der Waals surface area contributed by atoms with E-state index < -0.39 is 29.0 Å². The number of ketones is 2. The first kappa shape index (κ1) is 30.4. The smallest absolute Gasteiger partial charge is 0.231 e. The summed E-state index contributed by atoms with van der Waals surface area (Å²) in [5.41, 5.74) is -0.443. The second kappa shape index (κ2) is 12.3. The lowest BCUT2D eigenvalue weighted by Gasteiger charge is -2.38. The molecule has 0 fully saturated rings. The van der Waals surface area contributed by atoms with Crippen LogP contribution in [0.3, 0.4) is 0 Å². The number of aliphatic hydroxyl groups is 1. The third-order valence-electron chi connectivity index (χ3n) is 8.01. The van der Waals surface area contributed by atoms with Gasteiger partial charge in [-0.1, -0.05) is 30.7 Å². The molecular weight excluding hydrogens is 592 g/mol. The number of hydrogen-bond acceptors (Lipinski definition) is 9. The molecule has 9 nitrogen and oxygen atoms in total. The molecule has 3 unspecified atom stereocenters. The van der Waals surface area contributed by atoms with Gasteiger partial charge in [0.2, 0.25) is 17.3 Å². The highest BCUT2D eigenvalue weighted by atomic mass is 35.5. The minimum atomic E-state index is -1.94. The maximum Gasteiger partial charge on any atom is 0.231 e. The van der Waals surface area contributed by atoms with E-state index in [0.717, 1.165) is 10.5 Å². The number of hydrogen-bond donors (Lipinski definition) is 2. The van der Waals surface area contributed by atoms with Crippen molar-refractivity contribution in [1.82, 2.24) is 10.3 Å². The Kier molecular flexibility index (Phi) is 8.71. The van der Waals surface area contributed by atoms with E-state index in [4.69, 9.17) is 25.8 Å². The van der Waals surface area contributed by atoms with Crippen molar-refractivity contribution in [2.75, 3.05) is 20.5 Å². The molecule has 1 amide bonds. The van der Waals surface area contributed by atoms with Crippen LogP contribution in [0.4, 0.5) is 0 Å². The monoisotopic (exact) mass is 622 g/mol. The summed E-state index contributed by atoms with van der Waals surface area (Å²) in [7, 11) is 2.82. The first-order valence-corrected chi connectivity index (χ1v) is 15.2. The van der Waals surface area contributed by atoms with E-state index in [0.29, 0.717) is 5.56 Å². The van der Waals surface area contributed by atoms with Crippen LogP contribution >= 0.6 is 23.4 Å². The number of Topliss-reactive ketones (excluding diaryl/α,β-unsaturated/α-hetero) is 2. The predicted molar refractivity (Wildman–Crippen MR) is 162 cm³/mol. The number of halogens is 1. The SMILES string of the molecule is COc1cc(OC)c2c(c1Cl)OC1(C2=O)C(O)=C(C(CC(=O)NCc2ccncc2)c2ccc(SC)cc2)C(=O)CC1C. The van der Waals surface area contributed by atoms with E-state index in [1.807, 2.05) is 30.5 Å². The highest BCUT2D eigenvalue weighted by Gasteiger charge is 2.61. The summed E-state index contributed by atoms with van der Waals surface area (Å²) in [5.74, 6) is -3.06. The molecule has 3 aromatic rings. The molecule has 11 heteroatoms. The first-order valence-electron chi connectivity index (χ1n) is 13.6. The van der Waals surface area contributed by atoms with Crippen LogP contribution in [0, 0.1) is 5.92 Å². The van der Waals surface area contributed by atoms with Crippen molar-refractivity contribution in [1.29, 1.82) is 0 Å². The number of fused-ring (bicyclic) bond motifs is 1. The van der Waals surface area contributed by atoms with Gasteiger partial charge in [0.15, 0.2) is 17.3 Å². The van der Waals surface area contributed by atoms with Gasteiger partial charge in [-0.15, -0.1) is 11.8 Å². The van der Waals surface area contributed by atoms with E-state index in [1.165, 1.54) is 20.3 Å². The summed E-state index contributed by atoms with van der Waals surface area (Å²) >= 11 is 8.12. The second-order valence-electron chi connectivity index (χ2n) is 10.4. The van der Waals surface area contributed by atoms with Crippen LogP contribution in [-0.4, -0.2) is 53.6 Å². The van der Waals surface area contributed by atoms with E-state index >= 15 is 0 Å². The third-order valence-corrected chi connectivity index (χ3v) is 9.11. The molecule has 0 saturated carbocycles. The Bertz CT molecular complexity index is 1610. The molecule has 224 valence electrons. The number of rotatable bonds is 9. The Hall–Kier alpha value is -4.02. The average Bonchev–Trinajstić information content (AvgIpc) is 3.34. The molecule has 0 radical (unpaired) electrons. The van der Waals surface area contributed by atoms with Crippen molar-refractivity contribution in [3.05, 3.63) is 87.9 Å². The van der Waals surface area contributed by atoms with E-state index in [2.05, 4.69) is 10.3 Å². The summed E-state index contributed by atoms with van der Waals surface area (Å²) in [6.45, 7) is 1.92. The van der Waals surface area contributed by atoms with Crippen LogP contribution < -0.4 is 19.5 Å². The fraction of sp³-hybridized carbons (Fsp3) is 0.312. The highest BCUT2D eigenvalue weighted by molar-refractivity contribution is 7.98. The molecule has 2 N–H and O–H groups in total. The number of aliphatic hydroxyl groups excluding tert-OH is 1. The molecule has 1 aliphatic carbocycles. The number of carbonyl (C=O) groups excluding carboxylic acids is 3. The summed E-state index contributed by atoms with van der Waals surface area (Å²) in [4.78, 5) is 46.2. The molecule has 2 aromatic carbocycles. The van der Waals surface area contributed by atoms with Gasteiger partial charge in [0.1, 0.15) is 22.1 Å². The lowest BCUT2D eigenvalue weighted by Crippen LogP contribution is -2.53. The number of thioether (sulfide) groups is 1. The number of ether oxygens (including phenoxy) is 3. The number of benzene rings is 2. The molecule has 43 heavy (non-hydrogen) atoms. The Morgan fingerprint density at radius 3 is 2.47 bits per heavy atom. The molecule has 1 aliphatic heterocycles. The average molecular weight is 623 g/mol. The van der Waals surface area contributed by atoms with Crippen LogP contribution in [-0.2, 0) is 16.1 Å². The first-order chi connectivity index (χ1) is 20.7. The van der Waals surface area contributed by atoms with E-state index in [-0.39, 0.29) is 64.5 Å². The lowest BCUT2D eigenvalue weighted by molar-refractivity contribution is -0.122. The fourth-order valence-electron chi connectivity index (χ4n) is 5.72. The zero-order chi connectivity index (χ0) is 30.9. The fourth-order valence-corrected chi connectivity index (χ4v) is 6.39. The largest absolute Gasteiger partial charge is 0.507 e. The van der Waals surface area contributed by atoms with E-state index in [9.17, 15) is 19.5 Å². The molecule has 3 atom stereocenters. The number of aromatic nitrogens is 1. The maximum atomic E-state index is 14.2. The summed E-state index contributed by atoms with van der Waals surface area (Å²) in [5, 5.41) is 14.9. The van der Waals surface area contributed by atoms with Crippen molar-refractivity contribution in [3.63, 3.8) is 0 Å². The number of nitrogens with one attached hydrogen (secondary N) is 1. The van der Waals surface area contributed by atoms with Crippen LogP contribution in [0.1, 0.15) is 47.2 Å². The number of amides is 1. The summed E-state index contributed by atoms with van der Waals surface area (Å²) in [6.07, 6.45) is 4.95. The van der Waals surface area contributed by atoms with Gasteiger partial charge in [-0.2, -0.15) is 0 Å². The Morgan fingerprint density at radius 1 is 1.16 bits per heavy atom. The van der Waals surface area contributed by atoms with Crippen LogP contribution in [0.15, 0.2) is 71.1 Å². The van der Waals surface area contributed by atoms with Crippen molar-refractivity contribution in [2.24, 2.45) is 5.92 Å².